The van der Waals surface area contributed by atoms with Gasteiger partial charge >= 0.3 is 0 Å². The molecule has 1 aliphatic rings. The van der Waals surface area contributed by atoms with Crippen molar-refractivity contribution in [2.45, 2.75) is 31.8 Å². The number of benzene rings is 1. The summed E-state index contributed by atoms with van der Waals surface area (Å²) in [6.45, 7) is 1.98. The summed E-state index contributed by atoms with van der Waals surface area (Å²) in [6.07, 6.45) is 9.66. The summed E-state index contributed by atoms with van der Waals surface area (Å²) in [5, 5.41) is 5.45. The highest BCUT2D eigenvalue weighted by Crippen LogP contribution is 2.33. The Bertz CT molecular complexity index is 875. The SMILES string of the molecule is Cn1cc(CN2CCCCC2c2cccnc2)c(-c2cccc(Cl)c2)n1. The number of aryl methyl sites for hydroxylation is 1. The smallest absolute Gasteiger partial charge is 0.0968 e. The van der Waals surface area contributed by atoms with E-state index in [0.717, 1.165) is 29.4 Å². The molecule has 2 aromatic heterocycles. The third-order valence-corrected chi connectivity index (χ3v) is 5.29. The van der Waals surface area contributed by atoms with E-state index in [0.29, 0.717) is 6.04 Å². The van der Waals surface area contributed by atoms with Crippen LogP contribution in [0.5, 0.6) is 0 Å². The number of hydrogen-bond donors (Lipinski definition) is 0. The Kier molecular flexibility index (Phi) is 5.05. The first-order valence-electron chi connectivity index (χ1n) is 9.13. The Morgan fingerprint density at radius 3 is 2.92 bits per heavy atom. The molecule has 0 amide bonds. The van der Waals surface area contributed by atoms with Gasteiger partial charge in [-0.3, -0.25) is 14.6 Å². The topological polar surface area (TPSA) is 34.0 Å². The fourth-order valence-corrected chi connectivity index (χ4v) is 4.07. The number of rotatable bonds is 4. The van der Waals surface area contributed by atoms with Crippen LogP contribution in [0, 0.1) is 0 Å². The molecule has 4 rings (SSSR count). The van der Waals surface area contributed by atoms with E-state index in [1.54, 1.807) is 0 Å². The second-order valence-electron chi connectivity index (χ2n) is 6.96. The molecule has 0 aliphatic carbocycles. The second-order valence-corrected chi connectivity index (χ2v) is 7.39. The predicted molar refractivity (Wildman–Crippen MR) is 105 cm³/mol. The number of hydrogen-bond acceptors (Lipinski definition) is 3. The number of nitrogens with zero attached hydrogens (tertiary/aromatic N) is 4. The van der Waals surface area contributed by atoms with Gasteiger partial charge in [0.05, 0.1) is 5.69 Å². The van der Waals surface area contributed by atoms with Gasteiger partial charge in [-0.15, -0.1) is 0 Å². The van der Waals surface area contributed by atoms with Crippen LogP contribution in [0.3, 0.4) is 0 Å². The highest BCUT2D eigenvalue weighted by atomic mass is 35.5. The summed E-state index contributed by atoms with van der Waals surface area (Å²) >= 11 is 6.20. The molecule has 134 valence electrons. The fraction of sp³-hybridized carbons (Fsp3) is 0.333. The molecule has 3 aromatic rings. The van der Waals surface area contributed by atoms with Crippen molar-refractivity contribution < 1.29 is 0 Å². The summed E-state index contributed by atoms with van der Waals surface area (Å²) in [6, 6.07) is 12.6. The molecule has 3 heterocycles. The Labute approximate surface area is 159 Å². The number of pyridine rings is 1. The first kappa shape index (κ1) is 17.3. The molecule has 1 unspecified atom stereocenters. The summed E-state index contributed by atoms with van der Waals surface area (Å²) in [4.78, 5) is 6.88. The van der Waals surface area contributed by atoms with E-state index in [-0.39, 0.29) is 0 Å². The van der Waals surface area contributed by atoms with Gasteiger partial charge in [0.15, 0.2) is 0 Å². The van der Waals surface area contributed by atoms with Crippen LogP contribution in [0.25, 0.3) is 11.3 Å². The van der Waals surface area contributed by atoms with Gasteiger partial charge in [0.2, 0.25) is 0 Å². The monoisotopic (exact) mass is 366 g/mol. The van der Waals surface area contributed by atoms with Crippen molar-refractivity contribution in [3.63, 3.8) is 0 Å². The third kappa shape index (κ3) is 3.67. The van der Waals surface area contributed by atoms with Crippen molar-refractivity contribution in [2.75, 3.05) is 6.54 Å². The molecule has 0 spiro atoms. The van der Waals surface area contributed by atoms with Crippen molar-refractivity contribution in [1.82, 2.24) is 19.7 Å². The van der Waals surface area contributed by atoms with E-state index in [1.165, 1.54) is 30.4 Å². The van der Waals surface area contributed by atoms with Crippen LogP contribution in [0.2, 0.25) is 5.02 Å². The Balaban J connectivity index is 1.64. The van der Waals surface area contributed by atoms with Crippen LogP contribution in [-0.4, -0.2) is 26.2 Å². The van der Waals surface area contributed by atoms with Crippen molar-refractivity contribution in [3.8, 4) is 11.3 Å². The minimum absolute atomic E-state index is 0.421. The number of aromatic nitrogens is 3. The highest BCUT2D eigenvalue weighted by molar-refractivity contribution is 6.30. The molecule has 0 bridgehead atoms. The molecule has 1 atom stereocenters. The van der Waals surface area contributed by atoms with Crippen molar-refractivity contribution in [2.24, 2.45) is 7.05 Å². The third-order valence-electron chi connectivity index (χ3n) is 5.06. The molecule has 26 heavy (non-hydrogen) atoms. The minimum Gasteiger partial charge on any atom is -0.292 e. The van der Waals surface area contributed by atoms with Crippen molar-refractivity contribution in [3.05, 3.63) is 71.1 Å². The summed E-state index contributed by atoms with van der Waals surface area (Å²) in [5.41, 5.74) is 4.64. The van der Waals surface area contributed by atoms with Gasteiger partial charge in [-0.25, -0.2) is 0 Å². The Morgan fingerprint density at radius 2 is 2.12 bits per heavy atom. The van der Waals surface area contributed by atoms with Crippen molar-refractivity contribution >= 4 is 11.6 Å². The van der Waals surface area contributed by atoms with Crippen LogP contribution in [0.4, 0.5) is 0 Å². The molecule has 1 fully saturated rings. The van der Waals surface area contributed by atoms with E-state index >= 15 is 0 Å². The van der Waals surface area contributed by atoms with E-state index in [2.05, 4.69) is 28.2 Å². The predicted octanol–water partition coefficient (Wildman–Crippen LogP) is 4.86. The lowest BCUT2D eigenvalue weighted by Gasteiger charge is -2.35. The van der Waals surface area contributed by atoms with E-state index < -0.39 is 0 Å². The number of halogens is 1. The van der Waals surface area contributed by atoms with Crippen LogP contribution in [0.15, 0.2) is 55.0 Å². The lowest BCUT2D eigenvalue weighted by atomic mass is 9.95. The average Bonchev–Trinajstić information content (AvgIpc) is 3.03. The standard InChI is InChI=1S/C21H23ClN4/c1-25-14-18(21(24-25)16-6-4-8-19(22)12-16)15-26-11-3-2-9-20(26)17-7-5-10-23-13-17/h4-8,10,12-14,20H,2-3,9,11,15H2,1H3. The molecule has 0 radical (unpaired) electrons. The maximum atomic E-state index is 6.20. The number of piperidine rings is 1. The van der Waals surface area contributed by atoms with E-state index in [9.17, 15) is 0 Å². The average molecular weight is 367 g/mol. The quantitative estimate of drug-likeness (QED) is 0.661. The molecule has 5 heteroatoms. The van der Waals surface area contributed by atoms with Gasteiger partial charge in [-0.1, -0.05) is 36.2 Å². The van der Waals surface area contributed by atoms with Crippen LogP contribution >= 0.6 is 11.6 Å². The molecule has 1 aromatic carbocycles. The molecular weight excluding hydrogens is 344 g/mol. The highest BCUT2D eigenvalue weighted by Gasteiger charge is 2.25. The normalized spacial score (nSPS) is 18.2. The van der Waals surface area contributed by atoms with E-state index in [4.69, 9.17) is 16.7 Å². The first-order valence-corrected chi connectivity index (χ1v) is 9.51. The first-order chi connectivity index (χ1) is 12.7. The maximum Gasteiger partial charge on any atom is 0.0968 e. The molecule has 1 saturated heterocycles. The summed E-state index contributed by atoms with van der Waals surface area (Å²) < 4.78 is 1.90. The van der Waals surface area contributed by atoms with Crippen LogP contribution in [0.1, 0.15) is 36.4 Å². The number of likely N-dealkylation sites (tertiary alicyclic amines) is 1. The molecule has 0 N–H and O–H groups in total. The lowest BCUT2D eigenvalue weighted by molar-refractivity contribution is 0.140. The van der Waals surface area contributed by atoms with E-state index in [1.807, 2.05) is 48.4 Å². The second kappa shape index (κ2) is 7.60. The summed E-state index contributed by atoms with van der Waals surface area (Å²) in [5.74, 6) is 0. The molecule has 1 aliphatic heterocycles. The molecular formula is C21H23ClN4. The van der Waals surface area contributed by atoms with Gasteiger partial charge in [0, 0.05) is 54.4 Å². The van der Waals surface area contributed by atoms with Gasteiger partial charge < -0.3 is 0 Å². The lowest BCUT2D eigenvalue weighted by Crippen LogP contribution is -2.33. The molecule has 0 saturated carbocycles. The molecule has 4 nitrogen and oxygen atoms in total. The Morgan fingerprint density at radius 1 is 1.19 bits per heavy atom. The van der Waals surface area contributed by atoms with Gasteiger partial charge in [0.1, 0.15) is 0 Å². The zero-order chi connectivity index (χ0) is 17.9. The Hall–Kier alpha value is -2.17. The zero-order valence-corrected chi connectivity index (χ0v) is 15.7. The van der Waals surface area contributed by atoms with Gasteiger partial charge in [0.25, 0.3) is 0 Å². The minimum atomic E-state index is 0.421. The van der Waals surface area contributed by atoms with Gasteiger partial charge in [-0.05, 0) is 43.1 Å². The van der Waals surface area contributed by atoms with Crippen molar-refractivity contribution in [1.29, 1.82) is 0 Å². The zero-order valence-electron chi connectivity index (χ0n) is 15.0. The van der Waals surface area contributed by atoms with Gasteiger partial charge in [-0.2, -0.15) is 5.10 Å². The maximum absolute atomic E-state index is 6.20. The van der Waals surface area contributed by atoms with Crippen LogP contribution in [-0.2, 0) is 13.6 Å². The van der Waals surface area contributed by atoms with Crippen LogP contribution < -0.4 is 0 Å². The largest absolute Gasteiger partial charge is 0.292 e. The summed E-state index contributed by atoms with van der Waals surface area (Å²) in [7, 11) is 1.98. The fourth-order valence-electron chi connectivity index (χ4n) is 3.88.